The van der Waals surface area contributed by atoms with Crippen LogP contribution in [0.1, 0.15) is 12.5 Å². The van der Waals surface area contributed by atoms with Gasteiger partial charge in [-0.1, -0.05) is 23.7 Å². The number of hydrogen-bond donors (Lipinski definition) is 1. The predicted molar refractivity (Wildman–Crippen MR) is 86.9 cm³/mol. The Balaban J connectivity index is 2.07. The van der Waals surface area contributed by atoms with Gasteiger partial charge in [0.05, 0.1) is 0 Å². The topological polar surface area (TPSA) is 59.1 Å². The molecule has 0 aliphatic rings. The highest BCUT2D eigenvalue weighted by Gasteiger charge is 2.18. The lowest BCUT2D eigenvalue weighted by atomic mass is 10.1. The van der Waals surface area contributed by atoms with Gasteiger partial charge in [0.1, 0.15) is 4.90 Å². The molecule has 0 amide bonds. The van der Waals surface area contributed by atoms with E-state index in [0.717, 1.165) is 5.56 Å². The molecule has 0 radical (unpaired) electrons. The number of rotatable bonds is 5. The summed E-state index contributed by atoms with van der Waals surface area (Å²) < 4.78 is 27.8. The Morgan fingerprint density at radius 2 is 1.95 bits per heavy atom. The molecule has 2 rings (SSSR count). The Hall–Kier alpha value is -0.950. The molecule has 4 nitrogen and oxygen atoms in total. The van der Waals surface area contributed by atoms with Crippen LogP contribution < -0.4 is 4.72 Å². The van der Waals surface area contributed by atoms with Crippen molar-refractivity contribution in [2.75, 3.05) is 0 Å². The zero-order valence-electron chi connectivity index (χ0n) is 11.3. The summed E-state index contributed by atoms with van der Waals surface area (Å²) >= 11 is 9.04. The Kier molecular flexibility index (Phi) is 5.37. The van der Waals surface area contributed by atoms with Crippen molar-refractivity contribution >= 4 is 37.6 Å². The molecule has 0 aliphatic carbocycles. The maximum Gasteiger partial charge on any atom is 0.242 e. The summed E-state index contributed by atoms with van der Waals surface area (Å²) in [5.74, 6) is 0. The van der Waals surface area contributed by atoms with Crippen LogP contribution in [0.4, 0.5) is 0 Å². The number of nitrogens with zero attached hydrogens (tertiary/aromatic N) is 1. The molecule has 1 atom stereocenters. The maximum atomic E-state index is 12.2. The third kappa shape index (κ3) is 4.78. The van der Waals surface area contributed by atoms with Crippen molar-refractivity contribution in [3.63, 3.8) is 0 Å². The minimum atomic E-state index is -3.58. The van der Waals surface area contributed by atoms with E-state index in [2.05, 4.69) is 25.6 Å². The summed E-state index contributed by atoms with van der Waals surface area (Å²) in [6, 6.07) is 8.62. The summed E-state index contributed by atoms with van der Waals surface area (Å²) in [7, 11) is -3.58. The van der Waals surface area contributed by atoms with Crippen LogP contribution in [-0.2, 0) is 16.4 Å². The molecule has 1 unspecified atom stereocenters. The van der Waals surface area contributed by atoms with Gasteiger partial charge in [-0.25, -0.2) is 13.1 Å². The smallest absolute Gasteiger partial charge is 0.242 e. The first-order valence-corrected chi connectivity index (χ1v) is 8.89. The lowest BCUT2D eigenvalue weighted by Gasteiger charge is -2.14. The largest absolute Gasteiger partial charge is 0.262 e. The summed E-state index contributed by atoms with van der Waals surface area (Å²) in [6.45, 7) is 1.82. The van der Waals surface area contributed by atoms with Gasteiger partial charge in [-0.3, -0.25) is 4.98 Å². The number of hydrogen-bond acceptors (Lipinski definition) is 3. The van der Waals surface area contributed by atoms with Gasteiger partial charge in [0.25, 0.3) is 0 Å². The zero-order valence-corrected chi connectivity index (χ0v) is 14.4. The monoisotopic (exact) mass is 388 g/mol. The molecular weight excluding hydrogens is 376 g/mol. The molecule has 0 spiro atoms. The van der Waals surface area contributed by atoms with Crippen LogP contribution >= 0.6 is 27.5 Å². The van der Waals surface area contributed by atoms with E-state index < -0.39 is 10.0 Å². The Labute approximate surface area is 137 Å². The molecule has 0 fully saturated rings. The fraction of sp³-hybridized carbons (Fsp3) is 0.214. The van der Waals surface area contributed by atoms with Crippen molar-refractivity contribution in [2.45, 2.75) is 24.3 Å². The fourth-order valence-electron chi connectivity index (χ4n) is 1.89. The number of halogens is 2. The summed E-state index contributed by atoms with van der Waals surface area (Å²) in [5, 5.41) is 0.659. The third-order valence-electron chi connectivity index (χ3n) is 2.80. The van der Waals surface area contributed by atoms with E-state index in [1.165, 1.54) is 18.5 Å². The first-order chi connectivity index (χ1) is 9.87. The van der Waals surface area contributed by atoms with Crippen molar-refractivity contribution in [1.29, 1.82) is 0 Å². The number of benzene rings is 1. The highest BCUT2D eigenvalue weighted by atomic mass is 79.9. The minimum Gasteiger partial charge on any atom is -0.262 e. The van der Waals surface area contributed by atoms with Gasteiger partial charge in [0.2, 0.25) is 10.0 Å². The average molecular weight is 390 g/mol. The molecule has 0 saturated carbocycles. The molecule has 0 saturated heterocycles. The van der Waals surface area contributed by atoms with Gasteiger partial charge in [0, 0.05) is 27.9 Å². The van der Waals surface area contributed by atoms with Crippen molar-refractivity contribution < 1.29 is 8.42 Å². The Morgan fingerprint density at radius 1 is 1.29 bits per heavy atom. The standard InChI is InChI=1S/C14H14BrClN2O2S/c1-10(6-11-2-4-13(16)5-3-11)18-21(19,20)14-7-12(15)8-17-9-14/h2-5,7-10,18H,6H2,1H3. The second-order valence-electron chi connectivity index (χ2n) is 4.69. The van der Waals surface area contributed by atoms with E-state index in [4.69, 9.17) is 11.6 Å². The zero-order chi connectivity index (χ0) is 15.5. The van der Waals surface area contributed by atoms with Gasteiger partial charge in [-0.15, -0.1) is 0 Å². The second kappa shape index (κ2) is 6.87. The lowest BCUT2D eigenvalue weighted by molar-refractivity contribution is 0.559. The van der Waals surface area contributed by atoms with Gasteiger partial charge < -0.3 is 0 Å². The lowest BCUT2D eigenvalue weighted by Crippen LogP contribution is -2.34. The van der Waals surface area contributed by atoms with E-state index in [-0.39, 0.29) is 10.9 Å². The number of sulfonamides is 1. The van der Waals surface area contributed by atoms with Crippen LogP contribution in [0, 0.1) is 0 Å². The van der Waals surface area contributed by atoms with Crippen LogP contribution in [0.25, 0.3) is 0 Å². The van der Waals surface area contributed by atoms with E-state index in [1.54, 1.807) is 12.1 Å². The Bertz CT molecular complexity index is 720. The normalized spacial score (nSPS) is 13.1. The molecule has 0 bridgehead atoms. The van der Waals surface area contributed by atoms with Crippen LogP contribution in [0.2, 0.25) is 5.02 Å². The third-order valence-corrected chi connectivity index (χ3v) is 5.04. The van der Waals surface area contributed by atoms with E-state index >= 15 is 0 Å². The number of pyridine rings is 1. The van der Waals surface area contributed by atoms with E-state index in [0.29, 0.717) is 15.9 Å². The van der Waals surface area contributed by atoms with Crippen molar-refractivity contribution in [3.05, 3.63) is 57.8 Å². The average Bonchev–Trinajstić information content (AvgIpc) is 2.41. The molecule has 112 valence electrons. The second-order valence-corrected chi connectivity index (χ2v) is 7.76. The number of aromatic nitrogens is 1. The molecule has 0 aliphatic heterocycles. The molecule has 2 aromatic rings. The van der Waals surface area contributed by atoms with Crippen LogP contribution in [-0.4, -0.2) is 19.4 Å². The molecular formula is C14H14BrClN2O2S. The van der Waals surface area contributed by atoms with Gasteiger partial charge >= 0.3 is 0 Å². The molecule has 1 N–H and O–H groups in total. The van der Waals surface area contributed by atoms with Crippen LogP contribution in [0.3, 0.4) is 0 Å². The van der Waals surface area contributed by atoms with Gasteiger partial charge in [-0.05, 0) is 53.0 Å². The van der Waals surface area contributed by atoms with Crippen molar-refractivity contribution in [3.8, 4) is 0 Å². The van der Waals surface area contributed by atoms with Crippen molar-refractivity contribution in [2.24, 2.45) is 0 Å². The van der Waals surface area contributed by atoms with Gasteiger partial charge in [0.15, 0.2) is 0 Å². The SMILES string of the molecule is CC(Cc1ccc(Cl)cc1)NS(=O)(=O)c1cncc(Br)c1. The fourth-order valence-corrected chi connectivity index (χ4v) is 3.76. The molecule has 7 heteroatoms. The molecule has 1 aromatic carbocycles. The molecule has 1 aromatic heterocycles. The van der Waals surface area contributed by atoms with E-state index in [1.807, 2.05) is 19.1 Å². The first-order valence-electron chi connectivity index (χ1n) is 6.24. The van der Waals surface area contributed by atoms with Gasteiger partial charge in [-0.2, -0.15) is 0 Å². The number of nitrogens with one attached hydrogen (secondary N) is 1. The molecule has 21 heavy (non-hydrogen) atoms. The van der Waals surface area contributed by atoms with E-state index in [9.17, 15) is 8.42 Å². The quantitative estimate of drug-likeness (QED) is 0.852. The molecule has 1 heterocycles. The highest BCUT2D eigenvalue weighted by Crippen LogP contribution is 2.16. The highest BCUT2D eigenvalue weighted by molar-refractivity contribution is 9.10. The van der Waals surface area contributed by atoms with Crippen LogP contribution in [0.15, 0.2) is 52.1 Å². The summed E-state index contributed by atoms with van der Waals surface area (Å²) in [5.41, 5.74) is 1.02. The predicted octanol–water partition coefficient (Wildman–Crippen LogP) is 3.41. The Morgan fingerprint density at radius 3 is 2.57 bits per heavy atom. The first kappa shape index (κ1) is 16.4. The van der Waals surface area contributed by atoms with Crippen LogP contribution in [0.5, 0.6) is 0 Å². The summed E-state index contributed by atoms with van der Waals surface area (Å²) in [6.07, 6.45) is 3.44. The summed E-state index contributed by atoms with van der Waals surface area (Å²) in [4.78, 5) is 4.01. The minimum absolute atomic E-state index is 0.139. The maximum absolute atomic E-state index is 12.2. The van der Waals surface area contributed by atoms with Crippen molar-refractivity contribution in [1.82, 2.24) is 9.71 Å².